The smallest absolute Gasteiger partial charge is 0.394 e. The molecule has 20 heavy (non-hydrogen) atoms. The Balaban J connectivity index is 0. The van der Waals surface area contributed by atoms with Crippen LogP contribution in [0.5, 0.6) is 0 Å². The van der Waals surface area contributed by atoms with E-state index in [0.29, 0.717) is 6.61 Å². The van der Waals surface area contributed by atoms with Gasteiger partial charge in [-0.2, -0.15) is 0 Å². The first-order valence-corrected chi connectivity index (χ1v) is 8.60. The number of ether oxygens (including phenoxy) is 1. The number of aliphatic hydroxyl groups is 1. The first kappa shape index (κ1) is 22.3. The van der Waals surface area contributed by atoms with Gasteiger partial charge in [0.1, 0.15) is 0 Å². The summed E-state index contributed by atoms with van der Waals surface area (Å²) in [7, 11) is -4.64. The molecule has 0 fully saturated rings. The highest BCUT2D eigenvalue weighted by Crippen LogP contribution is 2.25. The van der Waals surface area contributed by atoms with Crippen molar-refractivity contribution in [1.82, 2.24) is 4.90 Å². The lowest BCUT2D eigenvalue weighted by atomic mass is 10.2. The zero-order chi connectivity index (χ0) is 15.9. The third-order valence-electron chi connectivity index (χ3n) is 2.44. The van der Waals surface area contributed by atoms with Crippen LogP contribution in [-0.2, 0) is 9.30 Å². The summed E-state index contributed by atoms with van der Waals surface area (Å²) in [4.78, 5) is 24.0. The minimum atomic E-state index is -4.64. The number of hydrogen-bond acceptors (Lipinski definition) is 4. The molecule has 0 heterocycles. The highest BCUT2D eigenvalue weighted by Gasteiger charge is 2.03. The summed E-state index contributed by atoms with van der Waals surface area (Å²) < 4.78 is 14.2. The fraction of sp³-hybridized carbons (Fsp3) is 1.00. The summed E-state index contributed by atoms with van der Waals surface area (Å²) >= 11 is 0. The van der Waals surface area contributed by atoms with Crippen LogP contribution in [0.1, 0.15) is 39.5 Å². The Morgan fingerprint density at radius 3 is 1.75 bits per heavy atom. The molecule has 0 bridgehead atoms. The predicted molar refractivity (Wildman–Crippen MR) is 78.4 cm³/mol. The Bertz CT molecular complexity index is 220. The van der Waals surface area contributed by atoms with Gasteiger partial charge >= 0.3 is 7.82 Å². The molecule has 8 heteroatoms. The molecule has 0 atom stereocenters. The van der Waals surface area contributed by atoms with Crippen molar-refractivity contribution in [3.63, 3.8) is 0 Å². The maximum Gasteiger partial charge on any atom is 0.466 e. The van der Waals surface area contributed by atoms with E-state index >= 15 is 0 Å². The van der Waals surface area contributed by atoms with Gasteiger partial charge in [0.2, 0.25) is 0 Å². The molecule has 0 aliphatic heterocycles. The molecule has 0 aromatic rings. The van der Waals surface area contributed by atoms with E-state index in [1.807, 2.05) is 0 Å². The summed E-state index contributed by atoms with van der Waals surface area (Å²) in [6.45, 7) is 9.14. The Morgan fingerprint density at radius 1 is 0.950 bits per heavy atom. The Labute approximate surface area is 121 Å². The molecular weight excluding hydrogens is 285 g/mol. The lowest BCUT2D eigenvalue weighted by Crippen LogP contribution is -2.30. The van der Waals surface area contributed by atoms with E-state index in [-0.39, 0.29) is 6.61 Å². The quantitative estimate of drug-likeness (QED) is 0.332. The number of rotatable bonds is 11. The predicted octanol–water partition coefficient (Wildman–Crippen LogP) is 0.969. The Hall–Kier alpha value is -0.0100. The van der Waals surface area contributed by atoms with Crippen molar-refractivity contribution < 1.29 is 29.1 Å². The maximum absolute atomic E-state index is 8.88. The van der Waals surface area contributed by atoms with Crippen LogP contribution in [0, 0.1) is 0 Å². The SMILES string of the molecule is CCCCN(CCCC)CCOCCO.O=P(O)(O)O. The zero-order valence-corrected chi connectivity index (χ0v) is 13.5. The molecule has 0 aromatic carbocycles. The van der Waals surface area contributed by atoms with Gasteiger partial charge in [0, 0.05) is 6.54 Å². The van der Waals surface area contributed by atoms with E-state index in [1.54, 1.807) is 0 Å². The van der Waals surface area contributed by atoms with Gasteiger partial charge in [-0.15, -0.1) is 0 Å². The zero-order valence-electron chi connectivity index (χ0n) is 12.6. The van der Waals surface area contributed by atoms with Crippen LogP contribution in [0.25, 0.3) is 0 Å². The van der Waals surface area contributed by atoms with Gasteiger partial charge in [0.15, 0.2) is 0 Å². The van der Waals surface area contributed by atoms with Crippen LogP contribution >= 0.6 is 7.82 Å². The molecule has 0 radical (unpaired) electrons. The van der Waals surface area contributed by atoms with E-state index in [9.17, 15) is 0 Å². The molecule has 124 valence electrons. The highest BCUT2D eigenvalue weighted by molar-refractivity contribution is 7.45. The Morgan fingerprint density at radius 2 is 1.40 bits per heavy atom. The van der Waals surface area contributed by atoms with Crippen LogP contribution in [0.4, 0.5) is 0 Å². The normalized spacial score (nSPS) is 11.3. The molecule has 7 nitrogen and oxygen atoms in total. The minimum absolute atomic E-state index is 0.129. The lowest BCUT2D eigenvalue weighted by Gasteiger charge is -2.21. The van der Waals surface area contributed by atoms with Crippen molar-refractivity contribution in [2.24, 2.45) is 0 Å². The van der Waals surface area contributed by atoms with Gasteiger partial charge in [-0.3, -0.25) is 0 Å². The molecule has 0 spiro atoms. The maximum atomic E-state index is 8.88. The van der Waals surface area contributed by atoms with Crippen molar-refractivity contribution in [3.8, 4) is 0 Å². The van der Waals surface area contributed by atoms with Crippen LogP contribution in [-0.4, -0.2) is 64.1 Å². The molecular formula is C12H30NO6P. The van der Waals surface area contributed by atoms with Crippen molar-refractivity contribution in [2.45, 2.75) is 39.5 Å². The molecule has 0 rings (SSSR count). The third kappa shape index (κ3) is 26.5. The first-order chi connectivity index (χ1) is 9.35. The topological polar surface area (TPSA) is 110 Å². The van der Waals surface area contributed by atoms with Gasteiger partial charge in [-0.1, -0.05) is 26.7 Å². The van der Waals surface area contributed by atoms with Crippen molar-refractivity contribution in [2.75, 3.05) is 39.5 Å². The van der Waals surface area contributed by atoms with Crippen molar-refractivity contribution in [1.29, 1.82) is 0 Å². The van der Waals surface area contributed by atoms with E-state index in [4.69, 9.17) is 29.1 Å². The fourth-order valence-electron chi connectivity index (χ4n) is 1.46. The van der Waals surface area contributed by atoms with E-state index in [0.717, 1.165) is 13.2 Å². The fourth-order valence-corrected chi connectivity index (χ4v) is 1.46. The number of hydrogen-bond donors (Lipinski definition) is 4. The van der Waals surface area contributed by atoms with E-state index in [1.165, 1.54) is 38.8 Å². The molecule has 0 aromatic heterocycles. The molecule has 4 N–H and O–H groups in total. The second-order valence-electron chi connectivity index (χ2n) is 4.40. The average Bonchev–Trinajstić information content (AvgIpc) is 2.35. The summed E-state index contributed by atoms with van der Waals surface area (Å²) in [5.74, 6) is 0. The van der Waals surface area contributed by atoms with Gasteiger partial charge < -0.3 is 29.4 Å². The third-order valence-corrected chi connectivity index (χ3v) is 2.44. The van der Waals surface area contributed by atoms with Gasteiger partial charge in [-0.25, -0.2) is 4.57 Å². The molecule has 0 saturated carbocycles. The van der Waals surface area contributed by atoms with Crippen LogP contribution in [0.2, 0.25) is 0 Å². The molecule has 0 amide bonds. The number of nitrogens with zero attached hydrogens (tertiary/aromatic N) is 1. The average molecular weight is 315 g/mol. The van der Waals surface area contributed by atoms with Crippen molar-refractivity contribution >= 4 is 7.82 Å². The van der Waals surface area contributed by atoms with Gasteiger partial charge in [-0.05, 0) is 25.9 Å². The molecule has 0 aliphatic rings. The lowest BCUT2D eigenvalue weighted by molar-refractivity contribution is 0.0730. The molecule has 0 unspecified atom stereocenters. The number of phosphoric acid groups is 1. The summed E-state index contributed by atoms with van der Waals surface area (Å²) in [5, 5.41) is 8.58. The van der Waals surface area contributed by atoms with Crippen LogP contribution in [0.3, 0.4) is 0 Å². The van der Waals surface area contributed by atoms with Crippen LogP contribution < -0.4 is 0 Å². The second-order valence-corrected chi connectivity index (χ2v) is 5.42. The molecule has 0 saturated heterocycles. The largest absolute Gasteiger partial charge is 0.466 e. The molecule has 0 aliphatic carbocycles. The van der Waals surface area contributed by atoms with Gasteiger partial charge in [0.05, 0.1) is 19.8 Å². The number of aliphatic hydroxyl groups excluding tert-OH is 1. The van der Waals surface area contributed by atoms with Gasteiger partial charge in [0.25, 0.3) is 0 Å². The standard InChI is InChI=1S/C12H27NO2.H3O4P/c1-3-5-7-13(8-6-4-2)9-11-15-12-10-14;1-5(2,3)4/h14H,3-12H2,1-2H3;(H3,1,2,3,4). The second kappa shape index (κ2) is 15.4. The minimum Gasteiger partial charge on any atom is -0.394 e. The van der Waals surface area contributed by atoms with E-state index < -0.39 is 7.82 Å². The number of unbranched alkanes of at least 4 members (excludes halogenated alkanes) is 2. The first-order valence-electron chi connectivity index (χ1n) is 7.04. The van der Waals surface area contributed by atoms with E-state index in [2.05, 4.69) is 18.7 Å². The van der Waals surface area contributed by atoms with Crippen molar-refractivity contribution in [3.05, 3.63) is 0 Å². The Kier molecular flexibility index (Phi) is 17.1. The highest BCUT2D eigenvalue weighted by atomic mass is 31.2. The monoisotopic (exact) mass is 315 g/mol. The summed E-state index contributed by atoms with van der Waals surface area (Å²) in [6, 6.07) is 0. The summed E-state index contributed by atoms with van der Waals surface area (Å²) in [5.41, 5.74) is 0. The summed E-state index contributed by atoms with van der Waals surface area (Å²) in [6.07, 6.45) is 5.04. The van der Waals surface area contributed by atoms with Crippen LogP contribution in [0.15, 0.2) is 0 Å².